The van der Waals surface area contributed by atoms with Crippen LogP contribution in [0.5, 0.6) is 5.75 Å². The largest absolute Gasteiger partial charge is 0.419 e. The predicted molar refractivity (Wildman–Crippen MR) is 118 cm³/mol. The Labute approximate surface area is 183 Å². The summed E-state index contributed by atoms with van der Waals surface area (Å²) in [5.74, 6) is 3.06. The summed E-state index contributed by atoms with van der Waals surface area (Å²) in [6.07, 6.45) is 0.732. The minimum atomic E-state index is -0.795. The molecule has 31 heavy (non-hydrogen) atoms. The molecule has 11 heteroatoms. The number of hydrogen-bond acceptors (Lipinski definition) is 7. The van der Waals surface area contributed by atoms with Crippen LogP contribution in [-0.2, 0) is 11.2 Å². The number of hydrazone groups is 1. The van der Waals surface area contributed by atoms with Crippen LogP contribution in [0, 0.1) is 16.6 Å². The molecule has 0 unspecified atom stereocenters. The minimum absolute atomic E-state index is 0.178. The van der Waals surface area contributed by atoms with Gasteiger partial charge in [-0.15, -0.1) is 11.3 Å². The molecule has 0 aliphatic heterocycles. The zero-order chi connectivity index (χ0) is 23.2. The Bertz CT molecular complexity index is 1020. The van der Waals surface area contributed by atoms with Gasteiger partial charge < -0.3 is 27.4 Å². The second-order valence-electron chi connectivity index (χ2n) is 7.40. The Hall–Kier alpha value is -3.47. The molecule has 2 rings (SSSR count). The Morgan fingerprint density at radius 3 is 2.58 bits per heavy atom. The summed E-state index contributed by atoms with van der Waals surface area (Å²) >= 11 is 1.16. The highest BCUT2D eigenvalue weighted by molar-refractivity contribution is 7.14. The van der Waals surface area contributed by atoms with Gasteiger partial charge in [-0.25, -0.2) is 9.18 Å². The van der Waals surface area contributed by atoms with Crippen molar-refractivity contribution in [2.24, 2.45) is 27.8 Å². The molecule has 0 spiro atoms. The van der Waals surface area contributed by atoms with E-state index in [4.69, 9.17) is 27.5 Å². The maximum absolute atomic E-state index is 14.1. The molecule has 2 aromatic rings. The SMILES string of the molecule is CC(C)(Cc1ccc(C(=O)Oc2ccc(C(=N)N)cc2F)s1)C(=O)NCC/C(N)=N/N. The van der Waals surface area contributed by atoms with Gasteiger partial charge in [0.2, 0.25) is 5.91 Å². The van der Waals surface area contributed by atoms with Gasteiger partial charge in [-0.1, -0.05) is 13.8 Å². The molecule has 0 saturated heterocycles. The number of carbonyl (C=O) groups is 2. The van der Waals surface area contributed by atoms with E-state index < -0.39 is 17.2 Å². The zero-order valence-electron chi connectivity index (χ0n) is 17.2. The normalized spacial score (nSPS) is 11.8. The zero-order valence-corrected chi connectivity index (χ0v) is 18.0. The summed E-state index contributed by atoms with van der Waals surface area (Å²) < 4.78 is 19.2. The summed E-state index contributed by atoms with van der Waals surface area (Å²) in [5, 5.41) is 13.4. The van der Waals surface area contributed by atoms with Crippen molar-refractivity contribution in [2.75, 3.05) is 6.54 Å². The smallest absolute Gasteiger partial charge is 0.353 e. The van der Waals surface area contributed by atoms with E-state index in [-0.39, 0.29) is 33.8 Å². The van der Waals surface area contributed by atoms with Gasteiger partial charge in [0.05, 0.1) is 0 Å². The van der Waals surface area contributed by atoms with E-state index in [0.717, 1.165) is 22.3 Å². The van der Waals surface area contributed by atoms with E-state index in [1.165, 1.54) is 12.1 Å². The van der Waals surface area contributed by atoms with Crippen LogP contribution in [0.3, 0.4) is 0 Å². The lowest BCUT2D eigenvalue weighted by Crippen LogP contribution is -2.39. The number of rotatable bonds is 9. The fraction of sp³-hybridized carbons (Fsp3) is 0.300. The topological polar surface area (TPSA) is 170 Å². The maximum Gasteiger partial charge on any atom is 0.353 e. The lowest BCUT2D eigenvalue weighted by atomic mass is 9.87. The van der Waals surface area contributed by atoms with E-state index in [1.54, 1.807) is 26.0 Å². The van der Waals surface area contributed by atoms with E-state index in [0.29, 0.717) is 19.4 Å². The van der Waals surface area contributed by atoms with Crippen LogP contribution in [0.15, 0.2) is 35.4 Å². The predicted octanol–water partition coefficient (Wildman–Crippen LogP) is 1.70. The second-order valence-corrected chi connectivity index (χ2v) is 8.57. The molecule has 1 aromatic heterocycles. The maximum atomic E-state index is 14.1. The number of thiophene rings is 1. The van der Waals surface area contributed by atoms with Crippen LogP contribution >= 0.6 is 11.3 Å². The quantitative estimate of drug-likeness (QED) is 0.0976. The monoisotopic (exact) mass is 448 g/mol. The Balaban J connectivity index is 2.00. The molecule has 9 nitrogen and oxygen atoms in total. The van der Waals surface area contributed by atoms with Crippen molar-refractivity contribution in [3.05, 3.63) is 51.5 Å². The molecule has 1 aromatic carbocycles. The highest BCUT2D eigenvalue weighted by atomic mass is 32.1. The number of hydrogen-bond donors (Lipinski definition) is 5. The molecule has 0 atom stereocenters. The van der Waals surface area contributed by atoms with Gasteiger partial charge in [-0.2, -0.15) is 5.10 Å². The minimum Gasteiger partial charge on any atom is -0.419 e. The molecule has 1 heterocycles. The molecule has 8 N–H and O–H groups in total. The van der Waals surface area contributed by atoms with Gasteiger partial charge >= 0.3 is 5.97 Å². The number of amides is 1. The van der Waals surface area contributed by atoms with E-state index >= 15 is 0 Å². The number of halogens is 1. The first-order chi connectivity index (χ1) is 14.5. The second kappa shape index (κ2) is 10.0. The molecular weight excluding hydrogens is 423 g/mol. The van der Waals surface area contributed by atoms with Crippen LogP contribution < -0.4 is 27.4 Å². The van der Waals surface area contributed by atoms with E-state index in [2.05, 4.69) is 10.4 Å². The van der Waals surface area contributed by atoms with Crippen molar-refractivity contribution in [1.29, 1.82) is 5.41 Å². The van der Waals surface area contributed by atoms with Gasteiger partial charge in [-0.05, 0) is 36.8 Å². The van der Waals surface area contributed by atoms with Gasteiger partial charge in [0.1, 0.15) is 16.5 Å². The fourth-order valence-corrected chi connectivity index (χ4v) is 3.72. The lowest BCUT2D eigenvalue weighted by molar-refractivity contribution is -0.129. The molecule has 0 aliphatic carbocycles. The van der Waals surface area contributed by atoms with Crippen molar-refractivity contribution in [3.63, 3.8) is 0 Å². The molecule has 0 aliphatic rings. The number of benzene rings is 1. The fourth-order valence-electron chi connectivity index (χ4n) is 2.61. The third kappa shape index (κ3) is 6.51. The van der Waals surface area contributed by atoms with Crippen molar-refractivity contribution >= 4 is 34.9 Å². The van der Waals surface area contributed by atoms with Crippen molar-refractivity contribution in [1.82, 2.24) is 5.32 Å². The van der Waals surface area contributed by atoms with Crippen molar-refractivity contribution < 1.29 is 18.7 Å². The van der Waals surface area contributed by atoms with Gasteiger partial charge in [0.15, 0.2) is 11.6 Å². The lowest BCUT2D eigenvalue weighted by Gasteiger charge is -2.22. The average Bonchev–Trinajstić information content (AvgIpc) is 3.16. The Morgan fingerprint density at radius 1 is 1.26 bits per heavy atom. The number of esters is 1. The molecular formula is C20H25FN6O3S. The molecule has 1 amide bonds. The van der Waals surface area contributed by atoms with Crippen LogP contribution in [0.2, 0.25) is 0 Å². The molecule has 0 bridgehead atoms. The summed E-state index contributed by atoms with van der Waals surface area (Å²) in [6.45, 7) is 3.88. The Kier molecular flexibility index (Phi) is 7.70. The van der Waals surface area contributed by atoms with Crippen molar-refractivity contribution in [2.45, 2.75) is 26.7 Å². The number of nitrogens with one attached hydrogen (secondary N) is 2. The number of nitrogens with zero attached hydrogens (tertiary/aromatic N) is 1. The first-order valence-electron chi connectivity index (χ1n) is 9.29. The summed E-state index contributed by atoms with van der Waals surface area (Å²) in [5.41, 5.74) is 10.3. The van der Waals surface area contributed by atoms with Crippen LogP contribution in [0.25, 0.3) is 0 Å². The molecule has 0 radical (unpaired) electrons. The molecule has 0 fully saturated rings. The van der Waals surface area contributed by atoms with Crippen LogP contribution in [0.4, 0.5) is 4.39 Å². The highest BCUT2D eigenvalue weighted by Gasteiger charge is 2.29. The van der Waals surface area contributed by atoms with Gasteiger partial charge in [-0.3, -0.25) is 10.2 Å². The molecule has 0 saturated carbocycles. The van der Waals surface area contributed by atoms with Crippen LogP contribution in [-0.4, -0.2) is 30.1 Å². The summed E-state index contributed by atoms with van der Waals surface area (Å²) in [7, 11) is 0. The first kappa shape index (κ1) is 23.8. The standard InChI is InChI=1S/C20H25FN6O3S/c1-20(2,19(29)26-8-7-16(22)27-25)10-12-4-6-15(31-12)18(28)30-14-5-3-11(17(23)24)9-13(14)21/h3-6,9H,7-8,10,25H2,1-2H3,(H2,22,27)(H3,23,24)(H,26,29). The third-order valence-electron chi connectivity index (χ3n) is 4.37. The Morgan fingerprint density at radius 2 is 1.97 bits per heavy atom. The summed E-state index contributed by atoms with van der Waals surface area (Å²) in [6, 6.07) is 6.95. The highest BCUT2D eigenvalue weighted by Crippen LogP contribution is 2.28. The number of carbonyl (C=O) groups excluding carboxylic acids is 2. The van der Waals surface area contributed by atoms with E-state index in [9.17, 15) is 14.0 Å². The van der Waals surface area contributed by atoms with Crippen molar-refractivity contribution in [3.8, 4) is 5.75 Å². The average molecular weight is 449 g/mol. The first-order valence-corrected chi connectivity index (χ1v) is 10.1. The third-order valence-corrected chi connectivity index (χ3v) is 5.44. The number of nitrogen functional groups attached to an aromatic ring is 1. The molecule has 166 valence electrons. The van der Waals surface area contributed by atoms with Gasteiger partial charge in [0, 0.05) is 28.8 Å². The number of nitrogens with two attached hydrogens (primary N) is 3. The summed E-state index contributed by atoms with van der Waals surface area (Å²) in [4.78, 5) is 25.9. The van der Waals surface area contributed by atoms with E-state index in [1.807, 2.05) is 0 Å². The van der Waals surface area contributed by atoms with Crippen LogP contribution in [0.1, 0.15) is 40.4 Å². The number of amidine groups is 2. The number of ether oxygens (including phenoxy) is 1. The van der Waals surface area contributed by atoms with Gasteiger partial charge in [0.25, 0.3) is 0 Å².